The molecule has 2 rings (SSSR count). The Balaban J connectivity index is 1.65. The number of hydrogen-bond donors (Lipinski definition) is 3. The van der Waals surface area contributed by atoms with Gasteiger partial charge in [-0.15, -0.1) is 0 Å². The SMILES string of the molecule is Cc1cccc(OCC(O)CN=C(N)NCCc2ccccc2)c1. The van der Waals surface area contributed by atoms with E-state index in [2.05, 4.69) is 22.4 Å². The summed E-state index contributed by atoms with van der Waals surface area (Å²) >= 11 is 0. The van der Waals surface area contributed by atoms with Crippen molar-refractivity contribution in [1.29, 1.82) is 0 Å². The van der Waals surface area contributed by atoms with Gasteiger partial charge in [0, 0.05) is 6.54 Å². The fraction of sp³-hybridized carbons (Fsp3) is 0.316. The summed E-state index contributed by atoms with van der Waals surface area (Å²) in [6, 6.07) is 17.9. The Labute approximate surface area is 143 Å². The highest BCUT2D eigenvalue weighted by Gasteiger charge is 2.05. The molecule has 4 N–H and O–H groups in total. The van der Waals surface area contributed by atoms with E-state index in [1.807, 2.05) is 49.4 Å². The van der Waals surface area contributed by atoms with Crippen molar-refractivity contribution in [3.63, 3.8) is 0 Å². The molecule has 128 valence electrons. The first-order valence-electron chi connectivity index (χ1n) is 8.09. The number of ether oxygens (including phenoxy) is 1. The van der Waals surface area contributed by atoms with Crippen LogP contribution >= 0.6 is 0 Å². The molecule has 5 nitrogen and oxygen atoms in total. The lowest BCUT2D eigenvalue weighted by molar-refractivity contribution is 0.114. The number of aliphatic imine (C=N–C) groups is 1. The molecule has 2 aromatic carbocycles. The lowest BCUT2D eigenvalue weighted by Gasteiger charge is -2.11. The summed E-state index contributed by atoms with van der Waals surface area (Å²) in [6.07, 6.45) is 0.177. The van der Waals surface area contributed by atoms with E-state index in [1.165, 1.54) is 5.56 Å². The predicted octanol–water partition coefficient (Wildman–Crippen LogP) is 1.88. The Bertz CT molecular complexity index is 644. The first kappa shape index (κ1) is 17.8. The van der Waals surface area contributed by atoms with Gasteiger partial charge in [-0.05, 0) is 36.6 Å². The Morgan fingerprint density at radius 1 is 1.21 bits per heavy atom. The zero-order chi connectivity index (χ0) is 17.2. The van der Waals surface area contributed by atoms with Crippen LogP contribution in [0.1, 0.15) is 11.1 Å². The van der Waals surface area contributed by atoms with Crippen molar-refractivity contribution in [1.82, 2.24) is 5.32 Å². The van der Waals surface area contributed by atoms with Gasteiger partial charge in [-0.3, -0.25) is 4.99 Å². The first-order valence-corrected chi connectivity index (χ1v) is 8.09. The Hall–Kier alpha value is -2.53. The number of nitrogens with one attached hydrogen (secondary N) is 1. The second-order valence-corrected chi connectivity index (χ2v) is 5.67. The standard InChI is InChI=1S/C19H25N3O2/c1-15-6-5-9-18(12-15)24-14-17(23)13-22-19(20)21-11-10-16-7-3-2-4-8-16/h2-9,12,17,23H,10-11,13-14H2,1H3,(H3,20,21,22). The zero-order valence-electron chi connectivity index (χ0n) is 14.0. The zero-order valence-corrected chi connectivity index (χ0v) is 14.0. The molecule has 0 aliphatic heterocycles. The van der Waals surface area contributed by atoms with Crippen LogP contribution in [0.15, 0.2) is 59.6 Å². The average molecular weight is 327 g/mol. The lowest BCUT2D eigenvalue weighted by atomic mass is 10.1. The third kappa shape index (κ3) is 6.71. The van der Waals surface area contributed by atoms with Crippen molar-refractivity contribution < 1.29 is 9.84 Å². The molecule has 0 bridgehead atoms. The number of aliphatic hydroxyl groups excluding tert-OH is 1. The number of rotatable bonds is 8. The molecule has 0 aliphatic rings. The van der Waals surface area contributed by atoms with Crippen LogP contribution in [-0.4, -0.2) is 36.9 Å². The summed E-state index contributed by atoms with van der Waals surface area (Å²) in [7, 11) is 0. The molecule has 0 spiro atoms. The lowest BCUT2D eigenvalue weighted by Crippen LogP contribution is -2.34. The third-order valence-corrected chi connectivity index (χ3v) is 3.47. The maximum absolute atomic E-state index is 9.92. The summed E-state index contributed by atoms with van der Waals surface area (Å²) in [5, 5.41) is 13.0. The van der Waals surface area contributed by atoms with E-state index >= 15 is 0 Å². The van der Waals surface area contributed by atoms with Gasteiger partial charge in [-0.1, -0.05) is 42.5 Å². The van der Waals surface area contributed by atoms with Crippen molar-refractivity contribution in [3.8, 4) is 5.75 Å². The Morgan fingerprint density at radius 2 is 2.00 bits per heavy atom. The van der Waals surface area contributed by atoms with Gasteiger partial charge in [0.25, 0.3) is 0 Å². The highest BCUT2D eigenvalue weighted by Crippen LogP contribution is 2.12. The minimum atomic E-state index is -0.694. The van der Waals surface area contributed by atoms with Gasteiger partial charge in [0.2, 0.25) is 0 Å². The van der Waals surface area contributed by atoms with Crippen LogP contribution < -0.4 is 15.8 Å². The fourth-order valence-electron chi connectivity index (χ4n) is 2.19. The molecular weight excluding hydrogens is 302 g/mol. The second kappa shape index (κ2) is 9.57. The maximum Gasteiger partial charge on any atom is 0.188 e. The van der Waals surface area contributed by atoms with Gasteiger partial charge < -0.3 is 20.9 Å². The molecule has 0 heterocycles. The van der Waals surface area contributed by atoms with E-state index in [0.717, 1.165) is 17.7 Å². The number of hydrogen-bond acceptors (Lipinski definition) is 3. The molecule has 1 atom stereocenters. The molecule has 0 saturated carbocycles. The largest absolute Gasteiger partial charge is 0.491 e. The molecule has 0 amide bonds. The first-order chi connectivity index (χ1) is 11.6. The molecule has 1 unspecified atom stereocenters. The van der Waals surface area contributed by atoms with Gasteiger partial charge in [-0.2, -0.15) is 0 Å². The van der Waals surface area contributed by atoms with Crippen LogP contribution in [0.5, 0.6) is 5.75 Å². The summed E-state index contributed by atoms with van der Waals surface area (Å²) in [4.78, 5) is 4.14. The molecule has 24 heavy (non-hydrogen) atoms. The molecule has 0 aromatic heterocycles. The van der Waals surface area contributed by atoms with E-state index in [-0.39, 0.29) is 13.2 Å². The predicted molar refractivity (Wildman–Crippen MR) is 97.3 cm³/mol. The number of guanidine groups is 1. The van der Waals surface area contributed by atoms with Crippen molar-refractivity contribution >= 4 is 5.96 Å². The summed E-state index contributed by atoms with van der Waals surface area (Å²) in [6.45, 7) is 3.09. The maximum atomic E-state index is 9.92. The summed E-state index contributed by atoms with van der Waals surface area (Å²) in [5.74, 6) is 1.08. The van der Waals surface area contributed by atoms with E-state index in [9.17, 15) is 5.11 Å². The van der Waals surface area contributed by atoms with Crippen LogP contribution in [-0.2, 0) is 6.42 Å². The number of aliphatic hydroxyl groups is 1. The van der Waals surface area contributed by atoms with E-state index in [0.29, 0.717) is 12.5 Å². The fourth-order valence-corrected chi connectivity index (χ4v) is 2.19. The smallest absolute Gasteiger partial charge is 0.188 e. The summed E-state index contributed by atoms with van der Waals surface area (Å²) < 4.78 is 5.54. The minimum absolute atomic E-state index is 0.185. The molecular formula is C19H25N3O2. The summed E-state index contributed by atoms with van der Waals surface area (Å²) in [5.41, 5.74) is 8.16. The molecule has 0 fully saturated rings. The average Bonchev–Trinajstić information content (AvgIpc) is 2.59. The van der Waals surface area contributed by atoms with Crippen LogP contribution in [0.4, 0.5) is 0 Å². The third-order valence-electron chi connectivity index (χ3n) is 3.47. The van der Waals surface area contributed by atoms with Crippen LogP contribution in [0, 0.1) is 6.92 Å². The molecule has 2 aromatic rings. The van der Waals surface area contributed by atoms with Gasteiger partial charge in [0.15, 0.2) is 5.96 Å². The van der Waals surface area contributed by atoms with Gasteiger partial charge in [-0.25, -0.2) is 0 Å². The highest BCUT2D eigenvalue weighted by molar-refractivity contribution is 5.77. The Morgan fingerprint density at radius 3 is 2.75 bits per heavy atom. The molecule has 0 aliphatic carbocycles. The van der Waals surface area contributed by atoms with E-state index < -0.39 is 6.10 Å². The topological polar surface area (TPSA) is 79.9 Å². The van der Waals surface area contributed by atoms with Gasteiger partial charge in [0.1, 0.15) is 18.5 Å². The quantitative estimate of drug-likeness (QED) is 0.511. The minimum Gasteiger partial charge on any atom is -0.491 e. The number of aryl methyl sites for hydroxylation is 1. The van der Waals surface area contributed by atoms with Gasteiger partial charge in [0.05, 0.1) is 6.54 Å². The second-order valence-electron chi connectivity index (χ2n) is 5.67. The van der Waals surface area contributed by atoms with E-state index in [4.69, 9.17) is 10.5 Å². The normalized spacial score (nSPS) is 12.7. The van der Waals surface area contributed by atoms with Gasteiger partial charge >= 0.3 is 0 Å². The van der Waals surface area contributed by atoms with Crippen LogP contribution in [0.2, 0.25) is 0 Å². The Kier molecular flexibility index (Phi) is 7.11. The van der Waals surface area contributed by atoms with Crippen LogP contribution in [0.3, 0.4) is 0 Å². The monoisotopic (exact) mass is 327 g/mol. The number of benzene rings is 2. The molecule has 0 radical (unpaired) electrons. The number of nitrogens with two attached hydrogens (primary N) is 1. The van der Waals surface area contributed by atoms with Crippen molar-refractivity contribution in [2.45, 2.75) is 19.4 Å². The number of nitrogens with zero attached hydrogens (tertiary/aromatic N) is 1. The van der Waals surface area contributed by atoms with Crippen LogP contribution in [0.25, 0.3) is 0 Å². The van der Waals surface area contributed by atoms with Crippen molar-refractivity contribution in [2.75, 3.05) is 19.7 Å². The molecule has 0 saturated heterocycles. The van der Waals surface area contributed by atoms with Crippen molar-refractivity contribution in [2.24, 2.45) is 10.7 Å². The molecule has 5 heteroatoms. The van der Waals surface area contributed by atoms with E-state index in [1.54, 1.807) is 0 Å². The highest BCUT2D eigenvalue weighted by atomic mass is 16.5. The van der Waals surface area contributed by atoms with Crippen molar-refractivity contribution in [3.05, 3.63) is 65.7 Å².